The van der Waals surface area contributed by atoms with Crippen molar-refractivity contribution < 1.29 is 0 Å². The zero-order valence-corrected chi connectivity index (χ0v) is 11.0. The largest absolute Gasteiger partial charge is 0.310 e. The maximum Gasteiger partial charge on any atom is 0.0534 e. The number of hydrogen-bond acceptors (Lipinski definition) is 3. The minimum atomic E-state index is 0.711. The Morgan fingerprint density at radius 1 is 1.56 bits per heavy atom. The molecule has 0 bridgehead atoms. The molecular formula is C12H21N3S. The fourth-order valence-electron chi connectivity index (χ4n) is 2.27. The van der Waals surface area contributed by atoms with Crippen LogP contribution in [-0.2, 0) is 13.1 Å². The summed E-state index contributed by atoms with van der Waals surface area (Å²) in [6.07, 6.45) is 10.3. The van der Waals surface area contributed by atoms with Crippen LogP contribution in [0.5, 0.6) is 0 Å². The van der Waals surface area contributed by atoms with Crippen LogP contribution in [0, 0.1) is 0 Å². The van der Waals surface area contributed by atoms with Gasteiger partial charge in [0.05, 0.1) is 6.20 Å². The Morgan fingerprint density at radius 3 is 3.06 bits per heavy atom. The fourth-order valence-corrected chi connectivity index (χ4v) is 3.07. The fraction of sp³-hybridized carbons (Fsp3) is 0.750. The van der Waals surface area contributed by atoms with Crippen molar-refractivity contribution in [3.05, 3.63) is 18.0 Å². The highest BCUT2D eigenvalue weighted by atomic mass is 32.2. The minimum Gasteiger partial charge on any atom is -0.310 e. The summed E-state index contributed by atoms with van der Waals surface area (Å²) in [6.45, 7) is 4.04. The Balaban J connectivity index is 1.75. The van der Waals surface area contributed by atoms with Gasteiger partial charge in [0.1, 0.15) is 0 Å². The number of aromatic nitrogens is 2. The Morgan fingerprint density at radius 2 is 2.44 bits per heavy atom. The molecule has 2 atom stereocenters. The number of rotatable bonds is 5. The van der Waals surface area contributed by atoms with Crippen molar-refractivity contribution in [3.63, 3.8) is 0 Å². The molecule has 0 radical (unpaired) electrons. The maximum atomic E-state index is 4.28. The first-order valence-corrected chi connectivity index (χ1v) is 7.38. The number of nitrogens with zero attached hydrogens (tertiary/aromatic N) is 2. The van der Waals surface area contributed by atoms with Gasteiger partial charge in [-0.1, -0.05) is 0 Å². The van der Waals surface area contributed by atoms with E-state index in [1.807, 2.05) is 22.6 Å². The van der Waals surface area contributed by atoms with Crippen LogP contribution in [0.3, 0.4) is 0 Å². The van der Waals surface area contributed by atoms with Gasteiger partial charge in [0.25, 0.3) is 0 Å². The van der Waals surface area contributed by atoms with Crippen molar-refractivity contribution in [1.29, 1.82) is 0 Å². The number of hydrogen-bond donors (Lipinski definition) is 1. The molecule has 0 aromatic carbocycles. The van der Waals surface area contributed by atoms with Gasteiger partial charge in [0, 0.05) is 36.1 Å². The predicted molar refractivity (Wildman–Crippen MR) is 69.7 cm³/mol. The molecule has 0 saturated heterocycles. The summed E-state index contributed by atoms with van der Waals surface area (Å²) >= 11 is 2.01. The van der Waals surface area contributed by atoms with Gasteiger partial charge in [0.2, 0.25) is 0 Å². The lowest BCUT2D eigenvalue weighted by molar-refractivity contribution is 0.525. The third kappa shape index (κ3) is 3.01. The molecule has 90 valence electrons. The van der Waals surface area contributed by atoms with Gasteiger partial charge in [0.15, 0.2) is 0 Å². The van der Waals surface area contributed by atoms with E-state index in [4.69, 9.17) is 0 Å². The van der Waals surface area contributed by atoms with Crippen LogP contribution in [0.15, 0.2) is 12.4 Å². The third-order valence-electron chi connectivity index (χ3n) is 3.32. The van der Waals surface area contributed by atoms with Crippen molar-refractivity contribution >= 4 is 11.8 Å². The van der Waals surface area contributed by atoms with Gasteiger partial charge >= 0.3 is 0 Å². The highest BCUT2D eigenvalue weighted by Crippen LogP contribution is 2.28. The standard InChI is InChI=1S/C12H21N3S/c1-3-15-9-10(8-14-15)7-13-11-4-5-12(6-11)16-2/h8-9,11-13H,3-7H2,1-2H3. The average Bonchev–Trinajstić information content (AvgIpc) is 2.95. The predicted octanol–water partition coefficient (Wildman–Crippen LogP) is 2.28. The second-order valence-corrected chi connectivity index (χ2v) is 5.59. The zero-order chi connectivity index (χ0) is 11.4. The minimum absolute atomic E-state index is 0.711. The molecule has 1 aromatic heterocycles. The summed E-state index contributed by atoms with van der Waals surface area (Å²) < 4.78 is 1.98. The van der Waals surface area contributed by atoms with Crippen LogP contribution >= 0.6 is 11.8 Å². The van der Waals surface area contributed by atoms with Crippen LogP contribution in [-0.4, -0.2) is 27.3 Å². The first-order chi connectivity index (χ1) is 7.81. The van der Waals surface area contributed by atoms with Gasteiger partial charge in [-0.25, -0.2) is 0 Å². The van der Waals surface area contributed by atoms with Crippen molar-refractivity contribution in [2.75, 3.05) is 6.26 Å². The molecule has 2 unspecified atom stereocenters. The molecule has 1 heterocycles. The second-order valence-electron chi connectivity index (χ2n) is 4.45. The number of nitrogens with one attached hydrogen (secondary N) is 1. The van der Waals surface area contributed by atoms with Crippen molar-refractivity contribution in [3.8, 4) is 0 Å². The van der Waals surface area contributed by atoms with Crippen LogP contribution < -0.4 is 5.32 Å². The van der Waals surface area contributed by atoms with Crippen LogP contribution in [0.1, 0.15) is 31.7 Å². The van der Waals surface area contributed by atoms with Gasteiger partial charge in [-0.15, -0.1) is 0 Å². The summed E-state index contributed by atoms with van der Waals surface area (Å²) in [5, 5.41) is 8.79. The van der Waals surface area contributed by atoms with Gasteiger partial charge < -0.3 is 5.32 Å². The Labute approximate surface area is 102 Å². The monoisotopic (exact) mass is 239 g/mol. The molecule has 1 N–H and O–H groups in total. The van der Waals surface area contributed by atoms with Crippen LogP contribution in [0.25, 0.3) is 0 Å². The van der Waals surface area contributed by atoms with E-state index in [9.17, 15) is 0 Å². The normalized spacial score (nSPS) is 25.1. The zero-order valence-electron chi connectivity index (χ0n) is 10.1. The van der Waals surface area contributed by atoms with Crippen LogP contribution in [0.2, 0.25) is 0 Å². The Hall–Kier alpha value is -0.480. The molecule has 0 amide bonds. The van der Waals surface area contributed by atoms with Crippen molar-refractivity contribution in [2.24, 2.45) is 0 Å². The molecular weight excluding hydrogens is 218 g/mol. The maximum absolute atomic E-state index is 4.28. The molecule has 2 rings (SSSR count). The van der Waals surface area contributed by atoms with Gasteiger partial charge in [-0.3, -0.25) is 4.68 Å². The molecule has 1 saturated carbocycles. The van der Waals surface area contributed by atoms with E-state index >= 15 is 0 Å². The lowest BCUT2D eigenvalue weighted by atomic mass is 10.2. The van der Waals surface area contributed by atoms with E-state index in [1.54, 1.807) is 0 Å². The first kappa shape index (κ1) is 12.0. The van der Waals surface area contributed by atoms with E-state index in [0.717, 1.165) is 18.3 Å². The SMILES string of the molecule is CCn1cc(CNC2CCC(SC)C2)cn1. The summed E-state index contributed by atoms with van der Waals surface area (Å²) in [5.74, 6) is 0. The molecule has 1 fully saturated rings. The quantitative estimate of drug-likeness (QED) is 0.855. The molecule has 0 spiro atoms. The molecule has 0 aliphatic heterocycles. The second kappa shape index (κ2) is 5.73. The summed E-state index contributed by atoms with van der Waals surface area (Å²) in [4.78, 5) is 0. The van der Waals surface area contributed by atoms with Gasteiger partial charge in [-0.2, -0.15) is 16.9 Å². The van der Waals surface area contributed by atoms with E-state index in [0.29, 0.717) is 6.04 Å². The Kier molecular flexibility index (Phi) is 4.29. The highest BCUT2D eigenvalue weighted by Gasteiger charge is 2.23. The van der Waals surface area contributed by atoms with Crippen molar-refractivity contribution in [2.45, 2.75) is 50.6 Å². The number of aryl methyl sites for hydroxylation is 1. The number of thioether (sulfide) groups is 1. The smallest absolute Gasteiger partial charge is 0.0534 e. The molecule has 1 aliphatic rings. The summed E-state index contributed by atoms with van der Waals surface area (Å²) in [6, 6.07) is 0.711. The summed E-state index contributed by atoms with van der Waals surface area (Å²) in [7, 11) is 0. The molecule has 1 aliphatic carbocycles. The molecule has 4 heteroatoms. The lowest BCUT2D eigenvalue weighted by Gasteiger charge is -2.11. The molecule has 16 heavy (non-hydrogen) atoms. The third-order valence-corrected chi connectivity index (χ3v) is 4.42. The molecule has 3 nitrogen and oxygen atoms in total. The molecule has 1 aromatic rings. The van der Waals surface area contributed by atoms with E-state index in [2.05, 4.69) is 29.8 Å². The average molecular weight is 239 g/mol. The van der Waals surface area contributed by atoms with Crippen molar-refractivity contribution in [1.82, 2.24) is 15.1 Å². The summed E-state index contributed by atoms with van der Waals surface area (Å²) in [5.41, 5.74) is 1.30. The first-order valence-electron chi connectivity index (χ1n) is 6.09. The topological polar surface area (TPSA) is 29.9 Å². The van der Waals surface area contributed by atoms with E-state index < -0.39 is 0 Å². The van der Waals surface area contributed by atoms with E-state index in [1.165, 1.54) is 24.8 Å². The Bertz CT molecular complexity index is 324. The highest BCUT2D eigenvalue weighted by molar-refractivity contribution is 7.99. The van der Waals surface area contributed by atoms with E-state index in [-0.39, 0.29) is 0 Å². The lowest BCUT2D eigenvalue weighted by Crippen LogP contribution is -2.25. The van der Waals surface area contributed by atoms with Gasteiger partial charge in [-0.05, 0) is 32.4 Å². The van der Waals surface area contributed by atoms with Crippen LogP contribution in [0.4, 0.5) is 0 Å².